The predicted octanol–water partition coefficient (Wildman–Crippen LogP) is 2.26. The number of carbonyl (C=O) groups is 1. The van der Waals surface area contributed by atoms with Gasteiger partial charge in [0.25, 0.3) is 5.91 Å². The smallest absolute Gasteiger partial charge is 0.257 e. The van der Waals surface area contributed by atoms with Crippen molar-refractivity contribution in [2.45, 2.75) is 13.8 Å². The van der Waals surface area contributed by atoms with Gasteiger partial charge in [0.1, 0.15) is 5.56 Å². The Morgan fingerprint density at radius 3 is 2.50 bits per heavy atom. The summed E-state index contributed by atoms with van der Waals surface area (Å²) in [5.74, 6) is 0.685. The SMILES string of the molecule is Cc1cccc(-n2nc(C)c(C(=O)NCCN3CCN(C)CC3)c2-n2cccc2)c1. The molecule has 1 aliphatic heterocycles. The van der Waals surface area contributed by atoms with Crippen molar-refractivity contribution < 1.29 is 4.79 Å². The van der Waals surface area contributed by atoms with Crippen LogP contribution in [-0.4, -0.2) is 76.4 Å². The van der Waals surface area contributed by atoms with E-state index in [2.05, 4.69) is 41.2 Å². The van der Waals surface area contributed by atoms with Gasteiger partial charge < -0.3 is 14.8 Å². The van der Waals surface area contributed by atoms with Crippen LogP contribution in [0.2, 0.25) is 0 Å². The fourth-order valence-corrected chi connectivity index (χ4v) is 3.92. The number of nitrogens with zero attached hydrogens (tertiary/aromatic N) is 5. The van der Waals surface area contributed by atoms with Crippen molar-refractivity contribution in [2.75, 3.05) is 46.3 Å². The van der Waals surface area contributed by atoms with Gasteiger partial charge in [0, 0.05) is 51.7 Å². The highest BCUT2D eigenvalue weighted by Gasteiger charge is 2.24. The monoisotopic (exact) mass is 406 g/mol. The summed E-state index contributed by atoms with van der Waals surface area (Å²) in [7, 11) is 2.15. The topological polar surface area (TPSA) is 58.3 Å². The van der Waals surface area contributed by atoms with Gasteiger partial charge in [-0.2, -0.15) is 5.10 Å². The van der Waals surface area contributed by atoms with E-state index in [1.807, 2.05) is 52.8 Å². The molecule has 7 nitrogen and oxygen atoms in total. The highest BCUT2D eigenvalue weighted by molar-refractivity contribution is 5.98. The molecule has 158 valence electrons. The number of aryl methyl sites for hydroxylation is 2. The highest BCUT2D eigenvalue weighted by Crippen LogP contribution is 2.23. The number of nitrogens with one attached hydrogen (secondary N) is 1. The van der Waals surface area contributed by atoms with E-state index in [0.717, 1.165) is 55.5 Å². The third kappa shape index (κ3) is 4.32. The second-order valence-electron chi connectivity index (χ2n) is 8.03. The van der Waals surface area contributed by atoms with E-state index in [1.165, 1.54) is 0 Å². The first-order chi connectivity index (χ1) is 14.5. The maximum atomic E-state index is 13.2. The van der Waals surface area contributed by atoms with E-state index in [4.69, 9.17) is 5.10 Å². The Morgan fingerprint density at radius 2 is 1.80 bits per heavy atom. The lowest BCUT2D eigenvalue weighted by atomic mass is 10.2. The molecule has 1 N–H and O–H groups in total. The Hall–Kier alpha value is -2.90. The fraction of sp³-hybridized carbons (Fsp3) is 0.391. The van der Waals surface area contributed by atoms with Gasteiger partial charge in [-0.25, -0.2) is 4.68 Å². The summed E-state index contributed by atoms with van der Waals surface area (Å²) >= 11 is 0. The molecule has 0 saturated carbocycles. The van der Waals surface area contributed by atoms with E-state index in [1.54, 1.807) is 0 Å². The molecule has 0 aliphatic carbocycles. The maximum Gasteiger partial charge on any atom is 0.257 e. The molecule has 1 aliphatic rings. The quantitative estimate of drug-likeness (QED) is 0.682. The maximum absolute atomic E-state index is 13.2. The van der Waals surface area contributed by atoms with Gasteiger partial charge in [-0.3, -0.25) is 9.69 Å². The van der Waals surface area contributed by atoms with E-state index in [9.17, 15) is 4.79 Å². The van der Waals surface area contributed by atoms with Crippen molar-refractivity contribution in [3.05, 3.63) is 65.6 Å². The van der Waals surface area contributed by atoms with Crippen LogP contribution in [0.1, 0.15) is 21.6 Å². The Morgan fingerprint density at radius 1 is 1.07 bits per heavy atom. The van der Waals surface area contributed by atoms with E-state index in [-0.39, 0.29) is 5.91 Å². The van der Waals surface area contributed by atoms with Crippen LogP contribution in [0.25, 0.3) is 11.5 Å². The molecule has 0 spiro atoms. The number of hydrogen-bond acceptors (Lipinski definition) is 4. The molecule has 7 heteroatoms. The number of aromatic nitrogens is 3. The van der Waals surface area contributed by atoms with Crippen molar-refractivity contribution in [3.63, 3.8) is 0 Å². The van der Waals surface area contributed by atoms with Crippen LogP contribution in [0.3, 0.4) is 0 Å². The summed E-state index contributed by atoms with van der Waals surface area (Å²) in [6, 6.07) is 12.1. The number of hydrogen-bond donors (Lipinski definition) is 1. The van der Waals surface area contributed by atoms with Crippen LogP contribution in [0, 0.1) is 13.8 Å². The average molecular weight is 407 g/mol. The minimum atomic E-state index is -0.0794. The zero-order valence-corrected chi connectivity index (χ0v) is 18.0. The second-order valence-corrected chi connectivity index (χ2v) is 8.03. The van der Waals surface area contributed by atoms with Crippen LogP contribution in [0.15, 0.2) is 48.8 Å². The Balaban J connectivity index is 1.57. The van der Waals surface area contributed by atoms with Crippen LogP contribution in [-0.2, 0) is 0 Å². The van der Waals surface area contributed by atoms with Crippen molar-refractivity contribution in [3.8, 4) is 11.5 Å². The molecular weight excluding hydrogens is 376 g/mol. The largest absolute Gasteiger partial charge is 0.351 e. The highest BCUT2D eigenvalue weighted by atomic mass is 16.1. The minimum absolute atomic E-state index is 0.0794. The number of piperazine rings is 1. The lowest BCUT2D eigenvalue weighted by molar-refractivity contribution is 0.0940. The predicted molar refractivity (Wildman–Crippen MR) is 119 cm³/mol. The number of benzene rings is 1. The van der Waals surface area contributed by atoms with Crippen molar-refractivity contribution in [1.82, 2.24) is 29.5 Å². The summed E-state index contributed by atoms with van der Waals surface area (Å²) in [4.78, 5) is 17.9. The first kappa shape index (κ1) is 20.4. The molecule has 0 unspecified atom stereocenters. The third-order valence-electron chi connectivity index (χ3n) is 5.67. The van der Waals surface area contributed by atoms with Gasteiger partial charge in [-0.05, 0) is 50.7 Å². The van der Waals surface area contributed by atoms with Crippen LogP contribution in [0.5, 0.6) is 0 Å². The van der Waals surface area contributed by atoms with Gasteiger partial charge >= 0.3 is 0 Å². The fourth-order valence-electron chi connectivity index (χ4n) is 3.92. The zero-order valence-electron chi connectivity index (χ0n) is 18.0. The Bertz CT molecular complexity index is 999. The van der Waals surface area contributed by atoms with E-state index >= 15 is 0 Å². The summed E-state index contributed by atoms with van der Waals surface area (Å²) in [5.41, 5.74) is 3.43. The van der Waals surface area contributed by atoms with Gasteiger partial charge in [-0.15, -0.1) is 0 Å². The van der Waals surface area contributed by atoms with Crippen molar-refractivity contribution in [1.29, 1.82) is 0 Å². The molecule has 2 aromatic heterocycles. The standard InChI is InChI=1S/C23H30N6O/c1-18-7-6-8-20(17-18)29-23(28-10-4-5-11-28)21(19(2)25-29)22(30)24-9-12-27-15-13-26(3)14-16-27/h4-8,10-11,17H,9,12-16H2,1-3H3,(H,24,30). The molecule has 3 aromatic rings. The first-order valence-corrected chi connectivity index (χ1v) is 10.5. The summed E-state index contributed by atoms with van der Waals surface area (Å²) in [6.45, 7) is 9.70. The van der Waals surface area contributed by atoms with Crippen LogP contribution >= 0.6 is 0 Å². The van der Waals surface area contributed by atoms with E-state index in [0.29, 0.717) is 12.1 Å². The molecule has 0 atom stereocenters. The lowest BCUT2D eigenvalue weighted by Gasteiger charge is -2.32. The number of amides is 1. The normalized spacial score (nSPS) is 15.4. The molecule has 0 bridgehead atoms. The van der Waals surface area contributed by atoms with Gasteiger partial charge in [0.05, 0.1) is 11.4 Å². The van der Waals surface area contributed by atoms with Gasteiger partial charge in [-0.1, -0.05) is 12.1 Å². The minimum Gasteiger partial charge on any atom is -0.351 e. The van der Waals surface area contributed by atoms with E-state index < -0.39 is 0 Å². The number of carbonyl (C=O) groups excluding carboxylic acids is 1. The summed E-state index contributed by atoms with van der Waals surface area (Å²) in [5, 5.41) is 7.84. The van der Waals surface area contributed by atoms with Crippen molar-refractivity contribution >= 4 is 5.91 Å². The molecule has 3 heterocycles. The van der Waals surface area contributed by atoms with Crippen LogP contribution in [0.4, 0.5) is 0 Å². The molecule has 1 fully saturated rings. The zero-order chi connectivity index (χ0) is 21.1. The van der Waals surface area contributed by atoms with Gasteiger partial charge in [0.15, 0.2) is 5.82 Å². The average Bonchev–Trinajstić information content (AvgIpc) is 3.37. The molecule has 1 aromatic carbocycles. The summed E-state index contributed by atoms with van der Waals surface area (Å²) in [6.07, 6.45) is 3.90. The molecule has 4 rings (SSSR count). The van der Waals surface area contributed by atoms with Crippen molar-refractivity contribution in [2.24, 2.45) is 0 Å². The van der Waals surface area contributed by atoms with Gasteiger partial charge in [0.2, 0.25) is 0 Å². The third-order valence-corrected chi connectivity index (χ3v) is 5.67. The lowest BCUT2D eigenvalue weighted by Crippen LogP contribution is -2.47. The molecule has 0 radical (unpaired) electrons. The Kier molecular flexibility index (Phi) is 6.01. The molecule has 1 saturated heterocycles. The molecule has 1 amide bonds. The first-order valence-electron chi connectivity index (χ1n) is 10.5. The molecule has 30 heavy (non-hydrogen) atoms. The van der Waals surface area contributed by atoms with Crippen LogP contribution < -0.4 is 5.32 Å². The molecular formula is C23H30N6O. The number of rotatable bonds is 6. The number of likely N-dealkylation sites (N-methyl/N-ethyl adjacent to an activating group) is 1. The second kappa shape index (κ2) is 8.85. The summed E-state index contributed by atoms with van der Waals surface area (Å²) < 4.78 is 3.81. The Labute approximate surface area is 177 Å².